The fourth-order valence-electron chi connectivity index (χ4n) is 2.48. The predicted octanol–water partition coefficient (Wildman–Crippen LogP) is 5.98. The van der Waals surface area contributed by atoms with Crippen molar-refractivity contribution < 1.29 is 9.13 Å². The largest absolute Gasteiger partial charge is 0.489 e. The lowest BCUT2D eigenvalue weighted by molar-refractivity contribution is 0.306. The highest BCUT2D eigenvalue weighted by Gasteiger charge is 2.02. The maximum Gasteiger partial charge on any atom is 0.141 e. The van der Waals surface area contributed by atoms with Gasteiger partial charge in [0.05, 0.1) is 5.02 Å². The third-order valence-electron chi connectivity index (χ3n) is 3.83. The highest BCUT2D eigenvalue weighted by molar-refractivity contribution is 6.31. The van der Waals surface area contributed by atoms with Gasteiger partial charge >= 0.3 is 0 Å². The summed E-state index contributed by atoms with van der Waals surface area (Å²) in [5.74, 6) is 0.414. The Bertz CT molecular complexity index is 849. The van der Waals surface area contributed by atoms with Gasteiger partial charge in [0, 0.05) is 12.2 Å². The molecule has 0 spiro atoms. The standard InChI is InChI=1S/C21H19ClFNO/c1-15-3-2-4-17(11-15)14-25-19-8-5-16(6-9-19)13-24-18-7-10-21(23)20(22)12-18/h2-12,24H,13-14H2,1H3. The minimum atomic E-state index is -0.415. The molecule has 0 aromatic heterocycles. The molecule has 0 aliphatic carbocycles. The Morgan fingerprint density at radius 1 is 0.960 bits per heavy atom. The average molecular weight is 356 g/mol. The summed E-state index contributed by atoms with van der Waals surface area (Å²) >= 11 is 5.78. The number of halogens is 2. The third kappa shape index (κ3) is 4.97. The molecular weight excluding hydrogens is 337 g/mol. The summed E-state index contributed by atoms with van der Waals surface area (Å²) in [5, 5.41) is 3.34. The maximum absolute atomic E-state index is 13.2. The summed E-state index contributed by atoms with van der Waals surface area (Å²) in [6, 6.07) is 20.8. The number of ether oxygens (including phenoxy) is 1. The molecule has 0 fully saturated rings. The van der Waals surface area contributed by atoms with Crippen LogP contribution in [0.3, 0.4) is 0 Å². The van der Waals surface area contributed by atoms with Gasteiger partial charge in [0.15, 0.2) is 0 Å². The number of anilines is 1. The van der Waals surface area contributed by atoms with E-state index in [9.17, 15) is 4.39 Å². The second-order valence-corrected chi connectivity index (χ2v) is 6.31. The summed E-state index contributed by atoms with van der Waals surface area (Å²) < 4.78 is 19.0. The second kappa shape index (κ2) is 8.04. The van der Waals surface area contributed by atoms with Gasteiger partial charge in [0.25, 0.3) is 0 Å². The van der Waals surface area contributed by atoms with Gasteiger partial charge in [0.2, 0.25) is 0 Å². The van der Waals surface area contributed by atoms with Gasteiger partial charge in [-0.1, -0.05) is 53.6 Å². The van der Waals surface area contributed by atoms with Crippen LogP contribution in [-0.2, 0) is 13.2 Å². The number of nitrogens with one attached hydrogen (secondary N) is 1. The summed E-state index contributed by atoms with van der Waals surface area (Å²) in [6.45, 7) is 3.24. The molecule has 0 bridgehead atoms. The van der Waals surface area contributed by atoms with Gasteiger partial charge in [-0.3, -0.25) is 0 Å². The molecule has 0 heterocycles. The van der Waals surface area contributed by atoms with Gasteiger partial charge in [-0.05, 0) is 48.4 Å². The van der Waals surface area contributed by atoms with Crippen LogP contribution in [0.1, 0.15) is 16.7 Å². The molecule has 0 saturated heterocycles. The third-order valence-corrected chi connectivity index (χ3v) is 4.12. The first-order chi connectivity index (χ1) is 12.1. The SMILES string of the molecule is Cc1cccc(COc2ccc(CNc3ccc(F)c(Cl)c3)cc2)c1. The fraction of sp³-hybridized carbons (Fsp3) is 0.143. The van der Waals surface area contributed by atoms with E-state index in [0.717, 1.165) is 22.6 Å². The zero-order chi connectivity index (χ0) is 17.6. The van der Waals surface area contributed by atoms with Crippen molar-refractivity contribution in [3.05, 3.63) is 94.3 Å². The van der Waals surface area contributed by atoms with Gasteiger partial charge in [-0.15, -0.1) is 0 Å². The van der Waals surface area contributed by atoms with Crippen LogP contribution in [-0.4, -0.2) is 0 Å². The van der Waals surface area contributed by atoms with Crippen LogP contribution < -0.4 is 10.1 Å². The summed E-state index contributed by atoms with van der Waals surface area (Å²) in [6.07, 6.45) is 0. The Hall–Kier alpha value is -2.52. The first kappa shape index (κ1) is 17.3. The van der Waals surface area contributed by atoms with E-state index < -0.39 is 5.82 Å². The predicted molar refractivity (Wildman–Crippen MR) is 101 cm³/mol. The van der Waals surface area contributed by atoms with Crippen molar-refractivity contribution >= 4 is 17.3 Å². The van der Waals surface area contributed by atoms with E-state index >= 15 is 0 Å². The zero-order valence-corrected chi connectivity index (χ0v) is 14.7. The number of rotatable bonds is 6. The molecule has 0 amide bonds. The molecule has 3 aromatic carbocycles. The van der Waals surface area contributed by atoms with Crippen LogP contribution in [0.5, 0.6) is 5.75 Å². The van der Waals surface area contributed by atoms with E-state index in [1.54, 1.807) is 12.1 Å². The lowest BCUT2D eigenvalue weighted by Gasteiger charge is -2.10. The van der Waals surface area contributed by atoms with Crippen molar-refractivity contribution in [3.63, 3.8) is 0 Å². The number of benzene rings is 3. The van der Waals surface area contributed by atoms with Gasteiger partial charge < -0.3 is 10.1 Å². The zero-order valence-electron chi connectivity index (χ0n) is 13.9. The first-order valence-corrected chi connectivity index (χ1v) is 8.44. The Kier molecular flexibility index (Phi) is 5.56. The summed E-state index contributed by atoms with van der Waals surface area (Å²) in [5.41, 5.74) is 4.26. The Morgan fingerprint density at radius 2 is 1.76 bits per heavy atom. The summed E-state index contributed by atoms with van der Waals surface area (Å²) in [4.78, 5) is 0. The quantitative estimate of drug-likeness (QED) is 0.587. The molecule has 128 valence electrons. The average Bonchev–Trinajstić information content (AvgIpc) is 2.62. The van der Waals surface area contributed by atoms with Crippen molar-refractivity contribution in [1.82, 2.24) is 0 Å². The lowest BCUT2D eigenvalue weighted by atomic mass is 10.1. The van der Waals surface area contributed by atoms with Crippen LogP contribution in [0.2, 0.25) is 5.02 Å². The van der Waals surface area contributed by atoms with Crippen molar-refractivity contribution in [2.24, 2.45) is 0 Å². The smallest absolute Gasteiger partial charge is 0.141 e. The number of aryl methyl sites for hydroxylation is 1. The molecule has 3 aromatic rings. The Morgan fingerprint density at radius 3 is 2.48 bits per heavy atom. The van der Waals surface area contributed by atoms with E-state index in [-0.39, 0.29) is 5.02 Å². The molecule has 0 atom stereocenters. The second-order valence-electron chi connectivity index (χ2n) is 5.90. The minimum absolute atomic E-state index is 0.116. The van der Waals surface area contributed by atoms with E-state index in [1.165, 1.54) is 11.6 Å². The monoisotopic (exact) mass is 355 g/mol. The first-order valence-electron chi connectivity index (χ1n) is 8.06. The molecular formula is C21H19ClFNO. The summed E-state index contributed by atoms with van der Waals surface area (Å²) in [7, 11) is 0. The lowest BCUT2D eigenvalue weighted by Crippen LogP contribution is -2.00. The van der Waals surface area contributed by atoms with Gasteiger partial charge in [0.1, 0.15) is 18.2 Å². The molecule has 4 heteroatoms. The van der Waals surface area contributed by atoms with Crippen molar-refractivity contribution in [1.29, 1.82) is 0 Å². The highest BCUT2D eigenvalue weighted by Crippen LogP contribution is 2.20. The molecule has 2 nitrogen and oxygen atoms in total. The van der Waals surface area contributed by atoms with E-state index in [0.29, 0.717) is 13.2 Å². The Labute approximate surface area is 152 Å². The van der Waals surface area contributed by atoms with Crippen molar-refractivity contribution in [2.45, 2.75) is 20.1 Å². The van der Waals surface area contributed by atoms with Crippen LogP contribution >= 0.6 is 11.6 Å². The van der Waals surface area contributed by atoms with Crippen molar-refractivity contribution in [2.75, 3.05) is 5.32 Å². The highest BCUT2D eigenvalue weighted by atomic mass is 35.5. The van der Waals surface area contributed by atoms with Gasteiger partial charge in [-0.25, -0.2) is 4.39 Å². The molecule has 0 aliphatic rings. The van der Waals surface area contributed by atoms with E-state index in [1.807, 2.05) is 30.3 Å². The molecule has 1 N–H and O–H groups in total. The van der Waals surface area contributed by atoms with E-state index in [2.05, 4.69) is 30.4 Å². The van der Waals surface area contributed by atoms with Crippen LogP contribution in [0.4, 0.5) is 10.1 Å². The number of hydrogen-bond acceptors (Lipinski definition) is 2. The van der Waals surface area contributed by atoms with Gasteiger partial charge in [-0.2, -0.15) is 0 Å². The molecule has 25 heavy (non-hydrogen) atoms. The fourth-order valence-corrected chi connectivity index (χ4v) is 2.66. The van der Waals surface area contributed by atoms with Crippen LogP contribution in [0.15, 0.2) is 66.7 Å². The molecule has 0 aliphatic heterocycles. The maximum atomic E-state index is 13.2. The molecule has 0 unspecified atom stereocenters. The molecule has 0 radical (unpaired) electrons. The van der Waals surface area contributed by atoms with Crippen LogP contribution in [0, 0.1) is 12.7 Å². The van der Waals surface area contributed by atoms with E-state index in [4.69, 9.17) is 16.3 Å². The molecule has 3 rings (SSSR count). The normalized spacial score (nSPS) is 10.5. The number of hydrogen-bond donors (Lipinski definition) is 1. The van der Waals surface area contributed by atoms with Crippen molar-refractivity contribution in [3.8, 4) is 5.75 Å². The topological polar surface area (TPSA) is 21.3 Å². The minimum Gasteiger partial charge on any atom is -0.489 e. The Balaban J connectivity index is 1.54. The van der Waals surface area contributed by atoms with Crippen LogP contribution in [0.25, 0.3) is 0 Å². The molecule has 0 saturated carbocycles.